The van der Waals surface area contributed by atoms with E-state index in [0.717, 1.165) is 36.1 Å². The Labute approximate surface area is 176 Å². The third-order valence-corrected chi connectivity index (χ3v) is 6.60. The zero-order valence-corrected chi connectivity index (χ0v) is 17.1. The highest BCUT2D eigenvalue weighted by molar-refractivity contribution is 6.11. The molecule has 1 saturated carbocycles. The maximum atomic E-state index is 13.2. The summed E-state index contributed by atoms with van der Waals surface area (Å²) in [5.41, 5.74) is 10.2. The number of halogens is 1. The Morgan fingerprint density at radius 3 is 2.53 bits per heavy atom. The number of nitrogens with two attached hydrogens (primary N) is 1. The topological polar surface area (TPSA) is 78.8 Å². The molecule has 0 spiro atoms. The summed E-state index contributed by atoms with van der Waals surface area (Å²) in [5.74, 6) is -0.0696. The molecule has 5 heteroatoms. The van der Waals surface area contributed by atoms with E-state index in [-0.39, 0.29) is 22.9 Å². The maximum Gasteiger partial charge on any atom is 0.123 e. The van der Waals surface area contributed by atoms with Crippen molar-refractivity contribution in [1.29, 1.82) is 0 Å². The molecule has 4 N–H and O–H groups in total. The molecule has 2 aliphatic carbocycles. The molecule has 3 atom stereocenters. The molecule has 0 radical (unpaired) electrons. The van der Waals surface area contributed by atoms with Gasteiger partial charge < -0.3 is 15.9 Å². The molecule has 0 bridgehead atoms. The van der Waals surface area contributed by atoms with E-state index in [1.165, 1.54) is 17.7 Å². The molecule has 2 aromatic carbocycles. The van der Waals surface area contributed by atoms with E-state index >= 15 is 0 Å². The Kier molecular flexibility index (Phi) is 5.48. The first kappa shape index (κ1) is 20.4. The predicted molar refractivity (Wildman–Crippen MR) is 117 cm³/mol. The van der Waals surface area contributed by atoms with E-state index in [0.29, 0.717) is 12.1 Å². The summed E-state index contributed by atoms with van der Waals surface area (Å²) in [7, 11) is 0. The quantitative estimate of drug-likeness (QED) is 0.646. The van der Waals surface area contributed by atoms with Crippen molar-refractivity contribution in [3.63, 3.8) is 0 Å². The van der Waals surface area contributed by atoms with Crippen LogP contribution in [0.4, 0.5) is 10.1 Å². The normalized spacial score (nSPS) is 27.6. The Morgan fingerprint density at radius 1 is 1.17 bits per heavy atom. The van der Waals surface area contributed by atoms with Crippen LogP contribution in [0.5, 0.6) is 5.75 Å². The van der Waals surface area contributed by atoms with E-state index < -0.39 is 6.10 Å². The number of hydrogen-bond donors (Lipinski definition) is 3. The highest BCUT2D eigenvalue weighted by Gasteiger charge is 2.46. The second kappa shape index (κ2) is 8.07. The van der Waals surface area contributed by atoms with Crippen molar-refractivity contribution in [3.8, 4) is 5.75 Å². The van der Waals surface area contributed by atoms with Crippen molar-refractivity contribution in [2.45, 2.75) is 38.7 Å². The van der Waals surface area contributed by atoms with Gasteiger partial charge in [0.15, 0.2) is 0 Å². The van der Waals surface area contributed by atoms with Gasteiger partial charge >= 0.3 is 0 Å². The standard InChI is InChI=1S/C25H27FN2O2/c1-25-14-17(15-27)23(28-20-9-7-19(26)8-10-20)13-18(25)3-2-4-22(25)24(30)16-5-11-21(29)12-6-16/h5-13,15,22,24,29-30H,2-4,14,27H2,1H3/b17-15-,28-23?/t22-,24+,25+/m1/s1. The molecule has 2 aliphatic rings. The smallest absolute Gasteiger partial charge is 0.123 e. The summed E-state index contributed by atoms with van der Waals surface area (Å²) in [6.07, 6.45) is 6.62. The van der Waals surface area contributed by atoms with Crippen LogP contribution < -0.4 is 5.73 Å². The molecule has 0 aliphatic heterocycles. The predicted octanol–water partition coefficient (Wildman–Crippen LogP) is 5.32. The number of allylic oxidation sites excluding steroid dienone is 3. The lowest BCUT2D eigenvalue weighted by molar-refractivity contribution is 0.0217. The summed E-state index contributed by atoms with van der Waals surface area (Å²) in [5, 5.41) is 20.8. The first-order valence-corrected chi connectivity index (χ1v) is 10.3. The lowest BCUT2D eigenvalue weighted by atomic mass is 9.57. The van der Waals surface area contributed by atoms with Gasteiger partial charge in [0.1, 0.15) is 11.6 Å². The molecule has 0 heterocycles. The van der Waals surface area contributed by atoms with Crippen LogP contribution in [0, 0.1) is 17.2 Å². The summed E-state index contributed by atoms with van der Waals surface area (Å²) >= 11 is 0. The first-order valence-electron chi connectivity index (χ1n) is 10.3. The van der Waals surface area contributed by atoms with Crippen LogP contribution in [-0.2, 0) is 0 Å². The van der Waals surface area contributed by atoms with Crippen LogP contribution in [0.1, 0.15) is 44.3 Å². The van der Waals surface area contributed by atoms with Crippen LogP contribution in [0.2, 0.25) is 0 Å². The Balaban J connectivity index is 1.70. The second-order valence-electron chi connectivity index (χ2n) is 8.46. The molecule has 0 unspecified atom stereocenters. The van der Waals surface area contributed by atoms with Crippen LogP contribution in [0.25, 0.3) is 0 Å². The molecule has 0 aromatic heterocycles. The first-order chi connectivity index (χ1) is 14.4. The molecule has 156 valence electrons. The van der Waals surface area contributed by atoms with Gasteiger partial charge in [-0.15, -0.1) is 0 Å². The summed E-state index contributed by atoms with van der Waals surface area (Å²) in [6.45, 7) is 2.20. The van der Waals surface area contributed by atoms with Crippen molar-refractivity contribution in [3.05, 3.63) is 83.3 Å². The van der Waals surface area contributed by atoms with Gasteiger partial charge in [-0.05, 0) is 96.8 Å². The highest BCUT2D eigenvalue weighted by atomic mass is 19.1. The average Bonchev–Trinajstić information content (AvgIpc) is 2.74. The van der Waals surface area contributed by atoms with Crippen molar-refractivity contribution in [1.82, 2.24) is 0 Å². The van der Waals surface area contributed by atoms with Crippen LogP contribution in [0.15, 0.2) is 76.9 Å². The highest BCUT2D eigenvalue weighted by Crippen LogP contribution is 2.55. The molecule has 1 fully saturated rings. The molecule has 4 nitrogen and oxygen atoms in total. The third-order valence-electron chi connectivity index (χ3n) is 6.60. The number of aliphatic hydroxyl groups is 1. The minimum absolute atomic E-state index is 0.0318. The minimum Gasteiger partial charge on any atom is -0.508 e. The van der Waals surface area contributed by atoms with Gasteiger partial charge in [-0.1, -0.05) is 24.6 Å². The van der Waals surface area contributed by atoms with E-state index in [2.05, 4.69) is 13.0 Å². The fourth-order valence-corrected chi connectivity index (χ4v) is 4.89. The monoisotopic (exact) mass is 406 g/mol. The van der Waals surface area contributed by atoms with Gasteiger partial charge in [0.25, 0.3) is 0 Å². The van der Waals surface area contributed by atoms with Gasteiger partial charge in [-0.25, -0.2) is 9.38 Å². The van der Waals surface area contributed by atoms with E-state index in [9.17, 15) is 14.6 Å². The minimum atomic E-state index is -0.631. The van der Waals surface area contributed by atoms with E-state index in [1.54, 1.807) is 42.6 Å². The van der Waals surface area contributed by atoms with Gasteiger partial charge in [0.2, 0.25) is 0 Å². The molecule has 2 aromatic rings. The lowest BCUT2D eigenvalue weighted by Crippen LogP contribution is -2.40. The largest absolute Gasteiger partial charge is 0.508 e. The molecular weight excluding hydrogens is 379 g/mol. The Morgan fingerprint density at radius 2 is 1.87 bits per heavy atom. The van der Waals surface area contributed by atoms with Crippen molar-refractivity contribution >= 4 is 11.4 Å². The lowest BCUT2D eigenvalue weighted by Gasteiger charge is -2.48. The zero-order chi connectivity index (χ0) is 21.3. The average molecular weight is 407 g/mol. The number of phenolic OH excluding ortho intramolecular Hbond substituents is 1. The van der Waals surface area contributed by atoms with Crippen LogP contribution in [0.3, 0.4) is 0 Å². The number of hydrogen-bond acceptors (Lipinski definition) is 4. The van der Waals surface area contributed by atoms with Crippen LogP contribution in [-0.4, -0.2) is 15.9 Å². The molecule has 4 rings (SSSR count). The SMILES string of the molecule is C[C@]12C/C(=C/N)C(=Nc3ccc(F)cc3)C=C1CCC[C@@H]2[C@@H](O)c1ccc(O)cc1. The Bertz CT molecular complexity index is 1010. The molecular formula is C25H27FN2O2. The number of fused-ring (bicyclic) bond motifs is 1. The molecule has 0 saturated heterocycles. The number of aliphatic hydroxyl groups excluding tert-OH is 1. The van der Waals surface area contributed by atoms with Crippen LogP contribution >= 0.6 is 0 Å². The summed E-state index contributed by atoms with van der Waals surface area (Å²) < 4.78 is 13.2. The zero-order valence-electron chi connectivity index (χ0n) is 17.1. The summed E-state index contributed by atoms with van der Waals surface area (Å²) in [4.78, 5) is 4.71. The number of benzene rings is 2. The van der Waals surface area contributed by atoms with Crippen molar-refractivity contribution < 1.29 is 14.6 Å². The maximum absolute atomic E-state index is 13.2. The van der Waals surface area contributed by atoms with Crippen molar-refractivity contribution in [2.75, 3.05) is 0 Å². The van der Waals surface area contributed by atoms with E-state index in [4.69, 9.17) is 10.7 Å². The molecule has 0 amide bonds. The fourth-order valence-electron chi connectivity index (χ4n) is 4.89. The van der Waals surface area contributed by atoms with Crippen molar-refractivity contribution in [2.24, 2.45) is 22.1 Å². The third kappa shape index (κ3) is 3.77. The summed E-state index contributed by atoms with van der Waals surface area (Å²) in [6, 6.07) is 12.9. The molecule has 30 heavy (non-hydrogen) atoms. The number of nitrogens with zero attached hydrogens (tertiary/aromatic N) is 1. The number of aliphatic imine (C=N–C) groups is 1. The number of rotatable bonds is 3. The number of aromatic hydroxyl groups is 1. The van der Waals surface area contributed by atoms with Gasteiger partial charge in [-0.2, -0.15) is 0 Å². The Hall–Kier alpha value is -2.92. The van der Waals surface area contributed by atoms with E-state index in [1.807, 2.05) is 0 Å². The fraction of sp³-hybridized carbons (Fsp3) is 0.320. The second-order valence-corrected chi connectivity index (χ2v) is 8.46. The van der Waals surface area contributed by atoms with Gasteiger partial charge in [0.05, 0.1) is 17.5 Å². The number of phenols is 1. The van der Waals surface area contributed by atoms with Gasteiger partial charge in [0, 0.05) is 0 Å². The van der Waals surface area contributed by atoms with Gasteiger partial charge in [-0.3, -0.25) is 0 Å².